The molecule has 0 spiro atoms. The van der Waals surface area contributed by atoms with Gasteiger partial charge in [-0.15, -0.1) is 0 Å². The first-order chi connectivity index (χ1) is 10.1. The van der Waals surface area contributed by atoms with Gasteiger partial charge in [-0.2, -0.15) is 10.2 Å². The molecule has 1 unspecified atom stereocenters. The SMILES string of the molecule is O=C1NC(=O)C2(N3CC(c4cccnn4)OC3=O)CC1C2. The average molecular weight is 288 g/mol. The lowest BCUT2D eigenvalue weighted by atomic mass is 9.63. The molecule has 3 aliphatic heterocycles. The fraction of sp³-hybridized carbons (Fsp3) is 0.462. The van der Waals surface area contributed by atoms with Crippen molar-refractivity contribution in [3.05, 3.63) is 24.0 Å². The van der Waals surface area contributed by atoms with E-state index in [1.807, 2.05) is 0 Å². The number of amides is 3. The highest BCUT2D eigenvalue weighted by Crippen LogP contribution is 2.48. The number of nitrogens with one attached hydrogen (secondary N) is 1. The number of cyclic esters (lactones) is 1. The third-order valence-electron chi connectivity index (χ3n) is 4.45. The van der Waals surface area contributed by atoms with E-state index in [0.717, 1.165) is 0 Å². The topological polar surface area (TPSA) is 101 Å². The Labute approximate surface area is 119 Å². The molecule has 1 N–H and O–H groups in total. The number of hydrogen-bond donors (Lipinski definition) is 1. The van der Waals surface area contributed by atoms with Crippen molar-refractivity contribution in [2.45, 2.75) is 24.5 Å². The number of carbonyl (C=O) groups excluding carboxylic acids is 3. The van der Waals surface area contributed by atoms with E-state index in [1.54, 1.807) is 12.1 Å². The monoisotopic (exact) mass is 288 g/mol. The summed E-state index contributed by atoms with van der Waals surface area (Å²) in [6.45, 7) is 0.242. The van der Waals surface area contributed by atoms with Gasteiger partial charge >= 0.3 is 6.09 Å². The molecule has 4 fully saturated rings. The van der Waals surface area contributed by atoms with Gasteiger partial charge in [0.25, 0.3) is 5.91 Å². The predicted molar refractivity (Wildman–Crippen MR) is 66.6 cm³/mol. The molecule has 1 atom stereocenters. The van der Waals surface area contributed by atoms with Crippen LogP contribution in [0.4, 0.5) is 4.79 Å². The van der Waals surface area contributed by atoms with Crippen LogP contribution in [0.5, 0.6) is 0 Å². The Hall–Kier alpha value is -2.51. The Morgan fingerprint density at radius 2 is 2.14 bits per heavy atom. The smallest absolute Gasteiger partial charge is 0.411 e. The fourth-order valence-electron chi connectivity index (χ4n) is 3.25. The Kier molecular flexibility index (Phi) is 2.33. The third-order valence-corrected chi connectivity index (χ3v) is 4.45. The van der Waals surface area contributed by atoms with Crippen LogP contribution in [0.25, 0.3) is 0 Å². The fourth-order valence-corrected chi connectivity index (χ4v) is 3.25. The number of rotatable bonds is 2. The molecule has 0 aromatic carbocycles. The van der Waals surface area contributed by atoms with E-state index >= 15 is 0 Å². The number of nitrogens with zero attached hydrogens (tertiary/aromatic N) is 3. The van der Waals surface area contributed by atoms with Crippen molar-refractivity contribution in [1.82, 2.24) is 20.4 Å². The second kappa shape index (κ2) is 4.00. The summed E-state index contributed by atoms with van der Waals surface area (Å²) in [5.41, 5.74) is -0.389. The normalized spacial score (nSPS) is 34.3. The first kappa shape index (κ1) is 12.2. The van der Waals surface area contributed by atoms with Gasteiger partial charge in [-0.1, -0.05) is 0 Å². The van der Waals surface area contributed by atoms with Crippen molar-refractivity contribution in [3.63, 3.8) is 0 Å². The Morgan fingerprint density at radius 3 is 2.81 bits per heavy atom. The van der Waals surface area contributed by atoms with Gasteiger partial charge in [0.1, 0.15) is 11.2 Å². The summed E-state index contributed by atoms with van der Waals surface area (Å²) in [4.78, 5) is 37.1. The van der Waals surface area contributed by atoms with Crippen LogP contribution in [0.15, 0.2) is 18.3 Å². The molecule has 4 heterocycles. The minimum absolute atomic E-state index is 0.189. The number of carbonyl (C=O) groups is 3. The number of imide groups is 1. The summed E-state index contributed by atoms with van der Waals surface area (Å²) in [5, 5.41) is 10.0. The minimum atomic E-state index is -0.938. The summed E-state index contributed by atoms with van der Waals surface area (Å²) >= 11 is 0. The zero-order valence-corrected chi connectivity index (χ0v) is 11.0. The first-order valence-corrected chi connectivity index (χ1v) is 6.71. The van der Waals surface area contributed by atoms with Crippen molar-refractivity contribution in [2.75, 3.05) is 6.54 Å². The maximum atomic E-state index is 12.1. The van der Waals surface area contributed by atoms with Crippen LogP contribution < -0.4 is 5.32 Å². The van der Waals surface area contributed by atoms with E-state index in [2.05, 4.69) is 15.5 Å². The number of aromatic nitrogens is 2. The molecule has 8 nitrogen and oxygen atoms in total. The molecule has 1 aromatic heterocycles. The Morgan fingerprint density at radius 1 is 1.33 bits per heavy atom. The molecule has 3 saturated heterocycles. The van der Waals surface area contributed by atoms with Gasteiger partial charge in [-0.25, -0.2) is 4.79 Å². The summed E-state index contributed by atoms with van der Waals surface area (Å²) in [6, 6.07) is 3.43. The zero-order chi connectivity index (χ0) is 14.6. The molecular weight excluding hydrogens is 276 g/mol. The summed E-state index contributed by atoms with van der Waals surface area (Å²) in [7, 11) is 0. The van der Waals surface area contributed by atoms with E-state index < -0.39 is 23.6 Å². The predicted octanol–water partition coefficient (Wildman–Crippen LogP) is -0.225. The minimum Gasteiger partial charge on any atom is -0.438 e. The summed E-state index contributed by atoms with van der Waals surface area (Å²) < 4.78 is 5.30. The molecule has 1 aliphatic carbocycles. The lowest BCUT2D eigenvalue weighted by Gasteiger charge is -2.52. The Balaban J connectivity index is 1.59. The molecule has 8 heteroatoms. The van der Waals surface area contributed by atoms with Gasteiger partial charge in [0.05, 0.1) is 6.54 Å². The summed E-state index contributed by atoms with van der Waals surface area (Å²) in [5.74, 6) is -0.849. The average Bonchev–Trinajstić information content (AvgIpc) is 2.81. The van der Waals surface area contributed by atoms with Crippen LogP contribution >= 0.6 is 0 Å². The summed E-state index contributed by atoms with van der Waals surface area (Å²) in [6.07, 6.45) is 1.20. The largest absolute Gasteiger partial charge is 0.438 e. The lowest BCUT2D eigenvalue weighted by Crippen LogP contribution is -2.73. The van der Waals surface area contributed by atoms with Crippen LogP contribution in [0.3, 0.4) is 0 Å². The molecule has 1 aromatic rings. The van der Waals surface area contributed by atoms with Crippen LogP contribution in [-0.2, 0) is 14.3 Å². The second-order valence-corrected chi connectivity index (χ2v) is 5.59. The zero-order valence-electron chi connectivity index (χ0n) is 11.0. The van der Waals surface area contributed by atoms with Gasteiger partial charge in [0, 0.05) is 12.1 Å². The van der Waals surface area contributed by atoms with Crippen LogP contribution in [0.2, 0.25) is 0 Å². The maximum absolute atomic E-state index is 12.1. The van der Waals surface area contributed by atoms with Gasteiger partial charge in [-0.05, 0) is 25.0 Å². The quantitative estimate of drug-likeness (QED) is 0.755. The number of piperidine rings is 2. The van der Waals surface area contributed by atoms with Gasteiger partial charge in [0.2, 0.25) is 5.91 Å². The van der Waals surface area contributed by atoms with E-state index in [0.29, 0.717) is 18.5 Å². The van der Waals surface area contributed by atoms with Gasteiger partial charge in [0.15, 0.2) is 6.10 Å². The highest BCUT2D eigenvalue weighted by Gasteiger charge is 2.64. The Bertz CT molecular complexity index is 641. The van der Waals surface area contributed by atoms with E-state index in [-0.39, 0.29) is 18.4 Å². The number of ether oxygens (including phenoxy) is 1. The standard InChI is InChI=1S/C13H12N4O4/c18-10-7-4-13(5-7,11(19)15-10)17-6-9(21-12(17)20)8-2-1-3-14-16-8/h1-3,7,9H,4-6H2,(H,15,18,19). The molecule has 3 amide bonds. The number of hydrogen-bond acceptors (Lipinski definition) is 6. The van der Waals surface area contributed by atoms with Crippen LogP contribution in [0.1, 0.15) is 24.6 Å². The lowest BCUT2D eigenvalue weighted by molar-refractivity contribution is -0.159. The van der Waals surface area contributed by atoms with Crippen LogP contribution in [-0.4, -0.2) is 45.1 Å². The van der Waals surface area contributed by atoms with Gasteiger partial charge < -0.3 is 4.74 Å². The number of fused-ring (bicyclic) bond motifs is 2. The maximum Gasteiger partial charge on any atom is 0.411 e. The molecule has 4 aliphatic rings. The van der Waals surface area contributed by atoms with Gasteiger partial charge in [-0.3, -0.25) is 19.8 Å². The first-order valence-electron chi connectivity index (χ1n) is 6.71. The van der Waals surface area contributed by atoms with Crippen LogP contribution in [0, 0.1) is 5.92 Å². The molecule has 2 bridgehead atoms. The van der Waals surface area contributed by atoms with E-state index in [1.165, 1.54) is 11.1 Å². The van der Waals surface area contributed by atoms with Crippen molar-refractivity contribution in [3.8, 4) is 0 Å². The molecule has 5 rings (SSSR count). The molecule has 21 heavy (non-hydrogen) atoms. The van der Waals surface area contributed by atoms with Crippen molar-refractivity contribution < 1.29 is 19.1 Å². The van der Waals surface area contributed by atoms with E-state index in [4.69, 9.17) is 4.74 Å². The highest BCUT2D eigenvalue weighted by atomic mass is 16.6. The van der Waals surface area contributed by atoms with E-state index in [9.17, 15) is 14.4 Å². The molecular formula is C13H12N4O4. The van der Waals surface area contributed by atoms with Crippen molar-refractivity contribution in [1.29, 1.82) is 0 Å². The third kappa shape index (κ3) is 1.58. The van der Waals surface area contributed by atoms with Crippen molar-refractivity contribution in [2.24, 2.45) is 5.92 Å². The molecule has 0 radical (unpaired) electrons. The molecule has 108 valence electrons. The second-order valence-electron chi connectivity index (χ2n) is 5.59. The molecule has 1 saturated carbocycles. The highest BCUT2D eigenvalue weighted by molar-refractivity contribution is 6.08. The van der Waals surface area contributed by atoms with Crippen molar-refractivity contribution >= 4 is 17.9 Å².